The zero-order valence-electron chi connectivity index (χ0n) is 29.9. The summed E-state index contributed by atoms with van der Waals surface area (Å²) in [5.41, 5.74) is 13.5. The zero-order valence-corrected chi connectivity index (χ0v) is 30.7. The summed E-state index contributed by atoms with van der Waals surface area (Å²) in [6, 6.07) is 60.0. The Morgan fingerprint density at radius 1 is 0.404 bits per heavy atom. The van der Waals surface area contributed by atoms with Crippen LogP contribution in [0.5, 0.6) is 0 Å². The normalized spacial score (nSPS) is 15.5. The molecule has 0 saturated carbocycles. The van der Waals surface area contributed by atoms with Gasteiger partial charge in [0.15, 0.2) is 0 Å². The average Bonchev–Trinajstić information content (AvgIpc) is 3.54. The highest BCUT2D eigenvalue weighted by Gasteiger charge is 2.38. The average molecular weight is 683 g/mol. The van der Waals surface area contributed by atoms with Crippen LogP contribution in [0.15, 0.2) is 168 Å². The molecule has 0 amide bonds. The number of benzene rings is 9. The van der Waals surface area contributed by atoms with Crippen molar-refractivity contribution in [3.05, 3.63) is 169 Å². The smallest absolute Gasteiger partial charge is 0.0159 e. The first kappa shape index (κ1) is 30.0. The number of hydrogen-bond acceptors (Lipinski definition) is 0. The molecule has 0 spiro atoms. The molecule has 0 bridgehead atoms. The maximum absolute atomic E-state index is 2.53. The van der Waals surface area contributed by atoms with Gasteiger partial charge in [-0.15, -0.1) is 0 Å². The number of hydrogen-bond donors (Lipinski definition) is 0. The van der Waals surface area contributed by atoms with E-state index < -0.39 is 10.0 Å². The molecule has 0 unspecified atom stereocenters. The Morgan fingerprint density at radius 2 is 0.981 bits per heavy atom. The van der Waals surface area contributed by atoms with E-state index in [1.807, 2.05) is 0 Å². The van der Waals surface area contributed by atoms with Crippen LogP contribution in [0.1, 0.15) is 25.0 Å². The van der Waals surface area contributed by atoms with Crippen molar-refractivity contribution in [2.24, 2.45) is 0 Å². The van der Waals surface area contributed by atoms with Crippen LogP contribution in [0.25, 0.3) is 87.6 Å². The van der Waals surface area contributed by atoms with Gasteiger partial charge in [-0.3, -0.25) is 0 Å². The maximum Gasteiger partial charge on any atom is 0.0159 e. The van der Waals surface area contributed by atoms with Gasteiger partial charge in [0.05, 0.1) is 0 Å². The molecule has 52 heavy (non-hydrogen) atoms. The van der Waals surface area contributed by atoms with Gasteiger partial charge in [-0.25, -0.2) is 0 Å². The molecule has 9 aromatic rings. The van der Waals surface area contributed by atoms with Gasteiger partial charge >= 0.3 is 0 Å². The Balaban J connectivity index is 1.30. The molecule has 2 aliphatic rings. The molecule has 1 heterocycles. The second kappa shape index (κ2) is 10.5. The van der Waals surface area contributed by atoms with Crippen LogP contribution in [-0.2, 0) is 5.41 Å². The van der Waals surface area contributed by atoms with Gasteiger partial charge in [0.25, 0.3) is 0 Å². The minimum Gasteiger partial charge on any atom is -0.192 e. The van der Waals surface area contributed by atoms with Crippen LogP contribution in [-0.4, -0.2) is 12.5 Å². The molecule has 0 nitrogen and oxygen atoms in total. The SMILES string of the molecule is CC1(C)c2ccccc2-c2ccc(-c3c4ccccc4c(-c4ccc5ccccc5c4)c4ccc5c(c34)S(C)(C)c3cc4ccccc4cc3-5)cc21. The Hall–Kier alpha value is -5.63. The first-order valence-electron chi connectivity index (χ1n) is 18.3. The van der Waals surface area contributed by atoms with Crippen molar-refractivity contribution in [3.63, 3.8) is 0 Å². The topological polar surface area (TPSA) is 0 Å². The third-order valence-corrected chi connectivity index (χ3v) is 15.1. The lowest BCUT2D eigenvalue weighted by atomic mass is 9.80. The predicted molar refractivity (Wildman–Crippen MR) is 226 cm³/mol. The van der Waals surface area contributed by atoms with Crippen molar-refractivity contribution in [3.8, 4) is 44.5 Å². The fourth-order valence-electron chi connectivity index (χ4n) is 9.76. The summed E-state index contributed by atoms with van der Waals surface area (Å²) in [5, 5.41) is 10.5. The van der Waals surface area contributed by atoms with Crippen molar-refractivity contribution in [2.75, 3.05) is 12.5 Å². The summed E-state index contributed by atoms with van der Waals surface area (Å²) in [5.74, 6) is 0. The van der Waals surface area contributed by atoms with Crippen LogP contribution >= 0.6 is 10.0 Å². The minimum absolute atomic E-state index is 0.0820. The van der Waals surface area contributed by atoms with Crippen molar-refractivity contribution in [1.82, 2.24) is 0 Å². The third kappa shape index (κ3) is 3.95. The van der Waals surface area contributed by atoms with Crippen LogP contribution in [0.3, 0.4) is 0 Å². The fraction of sp³-hybridized carbons (Fsp3) is 0.0980. The summed E-state index contributed by atoms with van der Waals surface area (Å²) in [7, 11) is -1.39. The summed E-state index contributed by atoms with van der Waals surface area (Å²) >= 11 is 0. The van der Waals surface area contributed by atoms with E-state index in [1.54, 1.807) is 0 Å². The monoisotopic (exact) mass is 682 g/mol. The molecule has 9 aromatic carbocycles. The van der Waals surface area contributed by atoms with Crippen molar-refractivity contribution in [1.29, 1.82) is 0 Å². The van der Waals surface area contributed by atoms with Gasteiger partial charge in [-0.2, -0.15) is 10.0 Å². The van der Waals surface area contributed by atoms with E-state index in [4.69, 9.17) is 0 Å². The number of fused-ring (bicyclic) bond motifs is 11. The highest BCUT2D eigenvalue weighted by Crippen LogP contribution is 2.70. The van der Waals surface area contributed by atoms with Gasteiger partial charge in [0.1, 0.15) is 0 Å². The summed E-state index contributed by atoms with van der Waals surface area (Å²) in [6.07, 6.45) is 5.06. The van der Waals surface area contributed by atoms with Crippen molar-refractivity contribution < 1.29 is 0 Å². The lowest BCUT2D eigenvalue weighted by Gasteiger charge is -2.31. The van der Waals surface area contributed by atoms with Crippen LogP contribution in [0.4, 0.5) is 0 Å². The van der Waals surface area contributed by atoms with Gasteiger partial charge in [-0.05, 0) is 130 Å². The van der Waals surface area contributed by atoms with Crippen LogP contribution in [0, 0.1) is 0 Å². The Bertz CT molecular complexity index is 3010. The molecule has 0 fully saturated rings. The predicted octanol–water partition coefficient (Wildman–Crippen LogP) is 14.4. The lowest BCUT2D eigenvalue weighted by molar-refractivity contribution is 0.660. The van der Waals surface area contributed by atoms with E-state index in [0.717, 1.165) is 0 Å². The molecular weight excluding hydrogens is 645 g/mol. The molecule has 0 aromatic heterocycles. The molecule has 1 aliphatic heterocycles. The fourth-order valence-corrected chi connectivity index (χ4v) is 12.6. The van der Waals surface area contributed by atoms with E-state index in [9.17, 15) is 0 Å². The van der Waals surface area contributed by atoms with Crippen molar-refractivity contribution in [2.45, 2.75) is 29.1 Å². The largest absolute Gasteiger partial charge is 0.192 e. The molecule has 248 valence electrons. The van der Waals surface area contributed by atoms with Crippen LogP contribution < -0.4 is 0 Å². The maximum atomic E-state index is 2.53. The molecular formula is C51H38S. The summed E-state index contributed by atoms with van der Waals surface area (Å²) in [4.78, 5) is 3.01. The van der Waals surface area contributed by atoms with E-state index in [-0.39, 0.29) is 5.41 Å². The van der Waals surface area contributed by atoms with Gasteiger partial charge < -0.3 is 0 Å². The molecule has 1 aliphatic carbocycles. The van der Waals surface area contributed by atoms with Crippen LogP contribution in [0.2, 0.25) is 0 Å². The summed E-state index contributed by atoms with van der Waals surface area (Å²) in [6.45, 7) is 4.79. The van der Waals surface area contributed by atoms with E-state index in [0.29, 0.717) is 0 Å². The molecule has 0 atom stereocenters. The van der Waals surface area contributed by atoms with E-state index >= 15 is 0 Å². The van der Waals surface area contributed by atoms with Gasteiger partial charge in [0.2, 0.25) is 0 Å². The molecule has 0 radical (unpaired) electrons. The highest BCUT2D eigenvalue weighted by atomic mass is 32.3. The lowest BCUT2D eigenvalue weighted by Crippen LogP contribution is -2.14. The van der Waals surface area contributed by atoms with E-state index in [1.165, 1.54) is 109 Å². The Kier molecular flexibility index (Phi) is 6.05. The van der Waals surface area contributed by atoms with Crippen molar-refractivity contribution >= 4 is 53.1 Å². The highest BCUT2D eigenvalue weighted by molar-refractivity contribution is 8.33. The molecule has 11 rings (SSSR count). The first-order valence-corrected chi connectivity index (χ1v) is 20.8. The Labute approximate surface area is 306 Å². The zero-order chi connectivity index (χ0) is 34.9. The Morgan fingerprint density at radius 3 is 1.77 bits per heavy atom. The number of rotatable bonds is 2. The standard InChI is InChI=1S/C51H38S/c1-51(2)44-20-12-11-17-37(44)38-24-23-36(29-45(38)51)48-40-19-10-9-18-39(40)47(35-22-21-31-13-5-6-14-32(31)27-35)42-26-25-41-43-28-33-15-7-8-16-34(33)30-46(43)52(3,4)50(41)49(42)48/h5-30H,1-4H3. The molecule has 0 saturated heterocycles. The summed E-state index contributed by atoms with van der Waals surface area (Å²) < 4.78 is 0. The molecule has 1 heteroatoms. The third-order valence-electron chi connectivity index (χ3n) is 12.3. The second-order valence-electron chi connectivity index (χ2n) is 15.7. The van der Waals surface area contributed by atoms with Gasteiger partial charge in [0, 0.05) is 20.6 Å². The second-order valence-corrected chi connectivity index (χ2v) is 19.2. The minimum atomic E-state index is -1.39. The van der Waals surface area contributed by atoms with Gasteiger partial charge in [-0.1, -0.05) is 147 Å². The quantitative estimate of drug-likeness (QED) is 0.159. The van der Waals surface area contributed by atoms with E-state index in [2.05, 4.69) is 184 Å². The molecule has 0 N–H and O–H groups in total. The first-order chi connectivity index (χ1) is 25.3.